The summed E-state index contributed by atoms with van der Waals surface area (Å²) in [6.07, 6.45) is 4.09. The van der Waals surface area contributed by atoms with Crippen LogP contribution in [0.4, 0.5) is 5.82 Å². The van der Waals surface area contributed by atoms with Crippen LogP contribution in [0.1, 0.15) is 30.1 Å². The molecule has 2 aromatic rings. The van der Waals surface area contributed by atoms with Crippen molar-refractivity contribution in [2.75, 3.05) is 18.8 Å². The van der Waals surface area contributed by atoms with Crippen LogP contribution < -0.4 is 5.73 Å². The SMILES string of the molecule is Nc1ccnc(CN2CCC(c3cccc(Br)c3)CC2)n1. The molecule has 0 spiro atoms. The van der Waals surface area contributed by atoms with Gasteiger partial charge in [-0.15, -0.1) is 0 Å². The summed E-state index contributed by atoms with van der Waals surface area (Å²) in [6.45, 7) is 2.95. The summed E-state index contributed by atoms with van der Waals surface area (Å²) >= 11 is 3.55. The number of rotatable bonds is 3. The van der Waals surface area contributed by atoms with E-state index < -0.39 is 0 Å². The van der Waals surface area contributed by atoms with Crippen molar-refractivity contribution < 1.29 is 0 Å². The van der Waals surface area contributed by atoms with Crippen molar-refractivity contribution in [1.29, 1.82) is 0 Å². The lowest BCUT2D eigenvalue weighted by atomic mass is 9.89. The van der Waals surface area contributed by atoms with Crippen LogP contribution in [0, 0.1) is 0 Å². The molecule has 21 heavy (non-hydrogen) atoms. The molecule has 1 fully saturated rings. The van der Waals surface area contributed by atoms with E-state index in [0.29, 0.717) is 11.7 Å². The maximum atomic E-state index is 5.70. The largest absolute Gasteiger partial charge is 0.384 e. The van der Waals surface area contributed by atoms with E-state index in [2.05, 4.69) is 55.1 Å². The summed E-state index contributed by atoms with van der Waals surface area (Å²) < 4.78 is 1.16. The van der Waals surface area contributed by atoms with Gasteiger partial charge >= 0.3 is 0 Å². The molecular weight excluding hydrogens is 328 g/mol. The number of hydrogen-bond donors (Lipinski definition) is 1. The monoisotopic (exact) mass is 346 g/mol. The third-order valence-corrected chi connectivity index (χ3v) is 4.49. The van der Waals surface area contributed by atoms with E-state index in [-0.39, 0.29) is 0 Å². The second-order valence-electron chi connectivity index (χ2n) is 5.50. The lowest BCUT2D eigenvalue weighted by molar-refractivity contribution is 0.200. The highest BCUT2D eigenvalue weighted by Crippen LogP contribution is 2.29. The Bertz CT molecular complexity index is 609. The molecule has 1 aromatic carbocycles. The van der Waals surface area contributed by atoms with E-state index in [9.17, 15) is 0 Å². The van der Waals surface area contributed by atoms with Gasteiger partial charge in [0, 0.05) is 10.7 Å². The summed E-state index contributed by atoms with van der Waals surface area (Å²) in [4.78, 5) is 11.0. The number of hydrogen-bond acceptors (Lipinski definition) is 4. The van der Waals surface area contributed by atoms with Gasteiger partial charge in [-0.25, -0.2) is 9.97 Å². The third-order valence-electron chi connectivity index (χ3n) is 4.00. The van der Waals surface area contributed by atoms with Crippen LogP contribution in [0.5, 0.6) is 0 Å². The number of benzene rings is 1. The molecule has 2 heterocycles. The zero-order valence-corrected chi connectivity index (χ0v) is 13.5. The number of halogens is 1. The quantitative estimate of drug-likeness (QED) is 0.926. The van der Waals surface area contributed by atoms with Gasteiger partial charge in [0.25, 0.3) is 0 Å². The molecule has 1 aliphatic rings. The Labute approximate surface area is 133 Å². The molecule has 2 N–H and O–H groups in total. The van der Waals surface area contributed by atoms with Gasteiger partial charge in [-0.3, -0.25) is 4.90 Å². The van der Waals surface area contributed by atoms with Gasteiger partial charge in [-0.05, 0) is 55.6 Å². The first-order valence-corrected chi connectivity index (χ1v) is 8.05. The van der Waals surface area contributed by atoms with Crippen molar-refractivity contribution in [3.63, 3.8) is 0 Å². The molecule has 4 nitrogen and oxygen atoms in total. The Morgan fingerprint density at radius 1 is 1.24 bits per heavy atom. The van der Waals surface area contributed by atoms with Crippen LogP contribution >= 0.6 is 15.9 Å². The van der Waals surface area contributed by atoms with E-state index in [1.165, 1.54) is 18.4 Å². The van der Waals surface area contributed by atoms with Crippen LogP contribution in [0.15, 0.2) is 41.0 Å². The second-order valence-corrected chi connectivity index (χ2v) is 6.42. The molecule has 0 bridgehead atoms. The van der Waals surface area contributed by atoms with Crippen LogP contribution in [-0.2, 0) is 6.54 Å². The lowest BCUT2D eigenvalue weighted by Gasteiger charge is -2.31. The molecule has 0 atom stereocenters. The van der Waals surface area contributed by atoms with E-state index in [1.807, 2.05) is 0 Å². The fraction of sp³-hybridized carbons (Fsp3) is 0.375. The third kappa shape index (κ3) is 3.80. The topological polar surface area (TPSA) is 55.0 Å². The Kier molecular flexibility index (Phi) is 4.51. The number of aromatic nitrogens is 2. The molecule has 1 aromatic heterocycles. The molecule has 0 radical (unpaired) electrons. The molecule has 110 valence electrons. The van der Waals surface area contributed by atoms with Crippen molar-refractivity contribution in [2.45, 2.75) is 25.3 Å². The Morgan fingerprint density at radius 3 is 2.76 bits per heavy atom. The fourth-order valence-corrected chi connectivity index (χ4v) is 3.29. The average molecular weight is 347 g/mol. The highest BCUT2D eigenvalue weighted by atomic mass is 79.9. The number of anilines is 1. The molecule has 5 heteroatoms. The molecule has 0 saturated carbocycles. The smallest absolute Gasteiger partial charge is 0.144 e. The minimum absolute atomic E-state index is 0.545. The van der Waals surface area contributed by atoms with Gasteiger partial charge < -0.3 is 5.73 Å². The average Bonchev–Trinajstić information content (AvgIpc) is 2.48. The Hall–Kier alpha value is -1.46. The van der Waals surface area contributed by atoms with Crippen molar-refractivity contribution in [2.24, 2.45) is 0 Å². The normalized spacial score (nSPS) is 17.0. The van der Waals surface area contributed by atoms with Crippen LogP contribution in [0.2, 0.25) is 0 Å². The molecular formula is C16H19BrN4. The molecule has 1 aliphatic heterocycles. The lowest BCUT2D eigenvalue weighted by Crippen LogP contribution is -2.33. The predicted molar refractivity (Wildman–Crippen MR) is 87.8 cm³/mol. The van der Waals surface area contributed by atoms with E-state index in [0.717, 1.165) is 29.9 Å². The van der Waals surface area contributed by atoms with Crippen molar-refractivity contribution in [1.82, 2.24) is 14.9 Å². The molecule has 0 amide bonds. The first kappa shape index (κ1) is 14.5. The number of nitrogen functional groups attached to an aromatic ring is 1. The summed E-state index contributed by atoms with van der Waals surface area (Å²) in [5, 5.41) is 0. The number of likely N-dealkylation sites (tertiary alicyclic amines) is 1. The summed E-state index contributed by atoms with van der Waals surface area (Å²) in [6, 6.07) is 10.4. The highest BCUT2D eigenvalue weighted by molar-refractivity contribution is 9.10. The Morgan fingerprint density at radius 2 is 2.05 bits per heavy atom. The van der Waals surface area contributed by atoms with Crippen LogP contribution in [-0.4, -0.2) is 28.0 Å². The summed E-state index contributed by atoms with van der Waals surface area (Å²) in [7, 11) is 0. The first-order valence-electron chi connectivity index (χ1n) is 7.26. The molecule has 0 unspecified atom stereocenters. The summed E-state index contributed by atoms with van der Waals surface area (Å²) in [5.41, 5.74) is 7.14. The number of piperidine rings is 1. The minimum Gasteiger partial charge on any atom is -0.384 e. The van der Waals surface area contributed by atoms with Crippen molar-refractivity contribution in [3.8, 4) is 0 Å². The molecule has 3 rings (SSSR count). The number of nitrogens with zero attached hydrogens (tertiary/aromatic N) is 3. The van der Waals surface area contributed by atoms with Crippen molar-refractivity contribution in [3.05, 3.63) is 52.4 Å². The highest BCUT2D eigenvalue weighted by Gasteiger charge is 2.21. The zero-order valence-electron chi connectivity index (χ0n) is 11.9. The van der Waals surface area contributed by atoms with Gasteiger partial charge in [-0.2, -0.15) is 0 Å². The Balaban J connectivity index is 1.58. The van der Waals surface area contributed by atoms with Gasteiger partial charge in [0.05, 0.1) is 6.54 Å². The maximum absolute atomic E-state index is 5.70. The van der Waals surface area contributed by atoms with Gasteiger partial charge in [0.15, 0.2) is 0 Å². The van der Waals surface area contributed by atoms with E-state index in [4.69, 9.17) is 5.73 Å². The second kappa shape index (κ2) is 6.54. The number of nitrogens with two attached hydrogens (primary N) is 1. The standard InChI is InChI=1S/C16H19BrN4/c17-14-3-1-2-13(10-14)12-5-8-21(9-6-12)11-16-19-7-4-15(18)20-16/h1-4,7,10,12H,5-6,8-9,11H2,(H2,18,19,20). The summed E-state index contributed by atoms with van der Waals surface area (Å²) in [5.74, 6) is 2.01. The zero-order chi connectivity index (χ0) is 14.7. The van der Waals surface area contributed by atoms with Crippen molar-refractivity contribution >= 4 is 21.7 Å². The van der Waals surface area contributed by atoms with Crippen LogP contribution in [0.3, 0.4) is 0 Å². The maximum Gasteiger partial charge on any atom is 0.144 e. The fourth-order valence-electron chi connectivity index (χ4n) is 2.88. The first-order chi connectivity index (χ1) is 10.2. The molecule has 1 saturated heterocycles. The predicted octanol–water partition coefficient (Wildman–Crippen LogP) is 3.20. The van der Waals surface area contributed by atoms with Gasteiger partial charge in [0.1, 0.15) is 11.6 Å². The minimum atomic E-state index is 0.545. The van der Waals surface area contributed by atoms with Crippen LogP contribution in [0.25, 0.3) is 0 Å². The van der Waals surface area contributed by atoms with Gasteiger partial charge in [0.2, 0.25) is 0 Å². The van der Waals surface area contributed by atoms with Gasteiger partial charge in [-0.1, -0.05) is 28.1 Å². The van der Waals surface area contributed by atoms with E-state index >= 15 is 0 Å². The van der Waals surface area contributed by atoms with E-state index in [1.54, 1.807) is 12.3 Å². The molecule has 0 aliphatic carbocycles.